The predicted octanol–water partition coefficient (Wildman–Crippen LogP) is 2.81. The summed E-state index contributed by atoms with van der Waals surface area (Å²) in [6.07, 6.45) is 2.35. The van der Waals surface area contributed by atoms with Crippen LogP contribution >= 0.6 is 0 Å². The van der Waals surface area contributed by atoms with Gasteiger partial charge in [0.25, 0.3) is 0 Å². The molecule has 1 heterocycles. The number of benzene rings is 1. The fraction of sp³-hybridized carbons (Fsp3) is 0.625. The number of fused-ring (bicyclic) bond motifs is 1. The van der Waals surface area contributed by atoms with E-state index in [1.807, 2.05) is 0 Å². The van der Waals surface area contributed by atoms with Gasteiger partial charge in [-0.05, 0) is 36.8 Å². The second-order valence-corrected chi connectivity index (χ2v) is 6.01. The molecule has 0 aliphatic carbocycles. The van der Waals surface area contributed by atoms with Gasteiger partial charge in [-0.3, -0.25) is 4.90 Å². The molecule has 100 valence electrons. The molecule has 0 amide bonds. The molecule has 1 aromatic rings. The normalized spacial score (nSPS) is 21.9. The van der Waals surface area contributed by atoms with E-state index in [0.29, 0.717) is 12.1 Å². The maximum atomic E-state index is 5.98. The Morgan fingerprint density at radius 1 is 1.22 bits per heavy atom. The van der Waals surface area contributed by atoms with Crippen molar-refractivity contribution in [3.05, 3.63) is 35.4 Å². The molecular formula is C16H26N2. The highest BCUT2D eigenvalue weighted by molar-refractivity contribution is 5.30. The summed E-state index contributed by atoms with van der Waals surface area (Å²) in [4.78, 5) is 2.60. The molecule has 2 N–H and O–H groups in total. The van der Waals surface area contributed by atoms with Gasteiger partial charge in [0.2, 0.25) is 0 Å². The van der Waals surface area contributed by atoms with Gasteiger partial charge in [0, 0.05) is 25.2 Å². The minimum Gasteiger partial charge on any atom is -0.329 e. The summed E-state index contributed by atoms with van der Waals surface area (Å²) < 4.78 is 0. The molecule has 0 saturated heterocycles. The Morgan fingerprint density at radius 2 is 1.89 bits per heavy atom. The summed E-state index contributed by atoms with van der Waals surface area (Å²) in [5, 5.41) is 0. The summed E-state index contributed by atoms with van der Waals surface area (Å²) in [6, 6.07) is 9.92. The topological polar surface area (TPSA) is 29.3 Å². The van der Waals surface area contributed by atoms with Crippen molar-refractivity contribution in [3.8, 4) is 0 Å². The zero-order valence-electron chi connectivity index (χ0n) is 11.9. The minimum absolute atomic E-state index is 0.508. The van der Waals surface area contributed by atoms with Crippen molar-refractivity contribution in [2.24, 2.45) is 11.7 Å². The van der Waals surface area contributed by atoms with Crippen molar-refractivity contribution < 1.29 is 0 Å². The molecule has 0 aromatic heterocycles. The van der Waals surface area contributed by atoms with Gasteiger partial charge in [-0.15, -0.1) is 0 Å². The third-order valence-corrected chi connectivity index (χ3v) is 4.05. The van der Waals surface area contributed by atoms with E-state index in [1.54, 1.807) is 0 Å². The van der Waals surface area contributed by atoms with Gasteiger partial charge in [-0.1, -0.05) is 38.1 Å². The van der Waals surface area contributed by atoms with Gasteiger partial charge in [0.1, 0.15) is 0 Å². The molecule has 1 aromatic carbocycles. The summed E-state index contributed by atoms with van der Waals surface area (Å²) in [6.45, 7) is 8.76. The number of rotatable bonds is 4. The Morgan fingerprint density at radius 3 is 2.50 bits per heavy atom. The Labute approximate surface area is 111 Å². The third kappa shape index (κ3) is 2.93. The van der Waals surface area contributed by atoms with Gasteiger partial charge in [0.15, 0.2) is 0 Å². The molecule has 1 aliphatic heterocycles. The van der Waals surface area contributed by atoms with Gasteiger partial charge < -0.3 is 5.73 Å². The van der Waals surface area contributed by atoms with E-state index >= 15 is 0 Å². The van der Waals surface area contributed by atoms with E-state index in [1.165, 1.54) is 17.5 Å². The molecule has 2 unspecified atom stereocenters. The number of hydrogen-bond acceptors (Lipinski definition) is 2. The Bertz CT molecular complexity index is 386. The summed E-state index contributed by atoms with van der Waals surface area (Å²) in [5.41, 5.74) is 8.95. The van der Waals surface area contributed by atoms with Gasteiger partial charge in [-0.25, -0.2) is 0 Å². The highest BCUT2D eigenvalue weighted by Gasteiger charge is 2.28. The van der Waals surface area contributed by atoms with Crippen LogP contribution < -0.4 is 5.73 Å². The van der Waals surface area contributed by atoms with Crippen LogP contribution in [0.3, 0.4) is 0 Å². The lowest BCUT2D eigenvalue weighted by Gasteiger charge is -2.41. The lowest BCUT2D eigenvalue weighted by Crippen LogP contribution is -2.49. The zero-order valence-corrected chi connectivity index (χ0v) is 11.9. The fourth-order valence-corrected chi connectivity index (χ4v) is 3.16. The molecule has 0 saturated carbocycles. The Hall–Kier alpha value is -0.860. The maximum absolute atomic E-state index is 5.98. The molecule has 2 nitrogen and oxygen atoms in total. The van der Waals surface area contributed by atoms with Gasteiger partial charge >= 0.3 is 0 Å². The summed E-state index contributed by atoms with van der Waals surface area (Å²) in [5.74, 6) is 0.746. The highest BCUT2D eigenvalue weighted by atomic mass is 15.2. The van der Waals surface area contributed by atoms with Crippen LogP contribution in [0, 0.1) is 5.92 Å². The molecule has 0 bridgehead atoms. The first-order valence-corrected chi connectivity index (χ1v) is 7.14. The number of nitrogens with two attached hydrogens (primary N) is 1. The van der Waals surface area contributed by atoms with Crippen molar-refractivity contribution in [2.75, 3.05) is 6.54 Å². The van der Waals surface area contributed by atoms with Crippen molar-refractivity contribution in [2.45, 2.75) is 52.2 Å². The third-order valence-electron chi connectivity index (χ3n) is 4.05. The van der Waals surface area contributed by atoms with Crippen molar-refractivity contribution in [1.29, 1.82) is 0 Å². The zero-order chi connectivity index (χ0) is 13.1. The van der Waals surface area contributed by atoms with E-state index in [-0.39, 0.29) is 0 Å². The first kappa shape index (κ1) is 13.6. The molecule has 0 radical (unpaired) electrons. The smallest absolute Gasteiger partial charge is 0.0265 e. The largest absolute Gasteiger partial charge is 0.329 e. The first-order valence-electron chi connectivity index (χ1n) is 7.14. The van der Waals surface area contributed by atoms with Crippen molar-refractivity contribution in [3.63, 3.8) is 0 Å². The van der Waals surface area contributed by atoms with Crippen molar-refractivity contribution >= 4 is 0 Å². The Balaban J connectivity index is 2.16. The van der Waals surface area contributed by atoms with E-state index in [9.17, 15) is 0 Å². The average molecular weight is 246 g/mol. The van der Waals surface area contributed by atoms with E-state index in [0.717, 1.165) is 25.4 Å². The van der Waals surface area contributed by atoms with Crippen LogP contribution in [0.15, 0.2) is 24.3 Å². The van der Waals surface area contributed by atoms with E-state index in [4.69, 9.17) is 5.73 Å². The SMILES string of the molecule is CC(C)CC(C)N1Cc2ccccc2CC1CN. The molecule has 1 aliphatic rings. The maximum Gasteiger partial charge on any atom is 0.0265 e. The second kappa shape index (κ2) is 5.85. The second-order valence-electron chi connectivity index (χ2n) is 6.01. The average Bonchev–Trinajstić information content (AvgIpc) is 2.36. The minimum atomic E-state index is 0.508. The number of nitrogens with zero attached hydrogens (tertiary/aromatic N) is 1. The van der Waals surface area contributed by atoms with Crippen LogP contribution in [0.4, 0.5) is 0 Å². The standard InChI is InChI=1S/C16H26N2/c1-12(2)8-13(3)18-11-15-7-5-4-6-14(15)9-16(18)10-17/h4-7,12-13,16H,8-11,17H2,1-3H3. The lowest BCUT2D eigenvalue weighted by molar-refractivity contribution is 0.110. The summed E-state index contributed by atoms with van der Waals surface area (Å²) in [7, 11) is 0. The highest BCUT2D eigenvalue weighted by Crippen LogP contribution is 2.26. The molecule has 2 rings (SSSR count). The van der Waals surface area contributed by atoms with E-state index < -0.39 is 0 Å². The molecule has 18 heavy (non-hydrogen) atoms. The first-order chi connectivity index (χ1) is 8.61. The fourth-order valence-electron chi connectivity index (χ4n) is 3.16. The van der Waals surface area contributed by atoms with Crippen LogP contribution in [0.1, 0.15) is 38.3 Å². The van der Waals surface area contributed by atoms with Crippen LogP contribution in [-0.4, -0.2) is 23.5 Å². The molecule has 0 fully saturated rings. The predicted molar refractivity (Wildman–Crippen MR) is 77.4 cm³/mol. The Kier molecular flexibility index (Phi) is 4.41. The summed E-state index contributed by atoms with van der Waals surface area (Å²) >= 11 is 0. The van der Waals surface area contributed by atoms with Crippen LogP contribution in [0.5, 0.6) is 0 Å². The molecule has 0 spiro atoms. The van der Waals surface area contributed by atoms with Crippen LogP contribution in [0.25, 0.3) is 0 Å². The van der Waals surface area contributed by atoms with E-state index in [2.05, 4.69) is 49.9 Å². The van der Waals surface area contributed by atoms with Gasteiger partial charge in [0.05, 0.1) is 0 Å². The monoisotopic (exact) mass is 246 g/mol. The van der Waals surface area contributed by atoms with Crippen LogP contribution in [0.2, 0.25) is 0 Å². The van der Waals surface area contributed by atoms with Crippen molar-refractivity contribution in [1.82, 2.24) is 4.90 Å². The molecule has 2 heteroatoms. The van der Waals surface area contributed by atoms with Crippen LogP contribution in [-0.2, 0) is 13.0 Å². The lowest BCUT2D eigenvalue weighted by atomic mass is 9.91. The quantitative estimate of drug-likeness (QED) is 0.885. The van der Waals surface area contributed by atoms with Gasteiger partial charge in [-0.2, -0.15) is 0 Å². The molecular weight excluding hydrogens is 220 g/mol. The molecule has 2 atom stereocenters. The number of hydrogen-bond donors (Lipinski definition) is 1.